The van der Waals surface area contributed by atoms with Crippen LogP contribution < -0.4 is 0 Å². The Kier molecular flexibility index (Phi) is 7.47. The summed E-state index contributed by atoms with van der Waals surface area (Å²) in [5.41, 5.74) is 2.76. The maximum absolute atomic E-state index is 13.6. The molecule has 1 N–H and O–H groups in total. The first-order valence-corrected chi connectivity index (χ1v) is 13.5. The van der Waals surface area contributed by atoms with Gasteiger partial charge in [-0.15, -0.1) is 0 Å². The molecule has 6 nitrogen and oxygen atoms in total. The molecule has 2 saturated heterocycles. The number of hydrogen-bond acceptors (Lipinski definition) is 3. The van der Waals surface area contributed by atoms with Crippen molar-refractivity contribution in [3.05, 3.63) is 84.2 Å². The summed E-state index contributed by atoms with van der Waals surface area (Å²) in [6.07, 6.45) is 5.45. The van der Waals surface area contributed by atoms with Gasteiger partial charge in [0.25, 0.3) is 5.91 Å². The van der Waals surface area contributed by atoms with Crippen molar-refractivity contribution in [2.75, 3.05) is 26.2 Å². The van der Waals surface area contributed by atoms with E-state index >= 15 is 0 Å². The zero-order chi connectivity index (χ0) is 25.8. The van der Waals surface area contributed by atoms with Gasteiger partial charge >= 0.3 is 0 Å². The monoisotopic (exact) mass is 499 g/mol. The summed E-state index contributed by atoms with van der Waals surface area (Å²) in [5.74, 6) is 0.327. The smallest absolute Gasteiger partial charge is 0.271 e. The Hall–Kier alpha value is -3.38. The van der Waals surface area contributed by atoms with Gasteiger partial charge in [-0.2, -0.15) is 0 Å². The fourth-order valence-corrected chi connectivity index (χ4v) is 5.70. The van der Waals surface area contributed by atoms with Gasteiger partial charge in [0, 0.05) is 44.4 Å². The van der Waals surface area contributed by atoms with Crippen molar-refractivity contribution in [3.63, 3.8) is 0 Å². The first-order valence-electron chi connectivity index (χ1n) is 13.5. The number of likely N-dealkylation sites (tertiary alicyclic amines) is 2. The number of carbonyl (C=O) groups excluding carboxylic acids is 2. The van der Waals surface area contributed by atoms with Gasteiger partial charge in [-0.3, -0.25) is 9.59 Å². The van der Waals surface area contributed by atoms with Crippen molar-refractivity contribution in [1.29, 1.82) is 0 Å². The average molecular weight is 500 g/mol. The first kappa shape index (κ1) is 25.3. The Labute approximate surface area is 219 Å². The Bertz CT molecular complexity index is 1210. The molecule has 2 aliphatic rings. The van der Waals surface area contributed by atoms with E-state index in [4.69, 9.17) is 0 Å². The summed E-state index contributed by atoms with van der Waals surface area (Å²) < 4.78 is 1.94. The topological polar surface area (TPSA) is 65.8 Å². The Morgan fingerprint density at radius 3 is 2.14 bits per heavy atom. The minimum atomic E-state index is -0.963. The SMILES string of the molecule is CC(CC(=O)N1CCC(O)(Cn2ccc(-c3ccccc3)c2C(=O)N2CCCC2)CC1)c1ccccc1. The highest BCUT2D eigenvalue weighted by Gasteiger charge is 2.36. The molecule has 194 valence electrons. The number of benzene rings is 2. The molecule has 6 heteroatoms. The molecule has 2 aromatic carbocycles. The van der Waals surface area contributed by atoms with Gasteiger partial charge in [0.15, 0.2) is 0 Å². The van der Waals surface area contributed by atoms with Gasteiger partial charge in [0.2, 0.25) is 5.91 Å². The third-order valence-electron chi connectivity index (χ3n) is 8.01. The summed E-state index contributed by atoms with van der Waals surface area (Å²) in [5, 5.41) is 11.6. The predicted molar refractivity (Wildman–Crippen MR) is 145 cm³/mol. The molecule has 0 aliphatic carbocycles. The van der Waals surface area contributed by atoms with E-state index in [9.17, 15) is 14.7 Å². The number of carbonyl (C=O) groups is 2. The highest BCUT2D eigenvalue weighted by Crippen LogP contribution is 2.31. The molecular weight excluding hydrogens is 462 g/mol. The van der Waals surface area contributed by atoms with Crippen LogP contribution >= 0.6 is 0 Å². The Morgan fingerprint density at radius 2 is 1.49 bits per heavy atom. The molecule has 0 spiro atoms. The van der Waals surface area contributed by atoms with Gasteiger partial charge in [0.1, 0.15) is 5.69 Å². The molecule has 5 rings (SSSR count). The Morgan fingerprint density at radius 1 is 0.865 bits per heavy atom. The van der Waals surface area contributed by atoms with Crippen molar-refractivity contribution in [3.8, 4) is 11.1 Å². The van der Waals surface area contributed by atoms with Crippen molar-refractivity contribution >= 4 is 11.8 Å². The van der Waals surface area contributed by atoms with E-state index in [-0.39, 0.29) is 17.7 Å². The molecule has 1 unspecified atom stereocenters. The zero-order valence-electron chi connectivity index (χ0n) is 21.7. The van der Waals surface area contributed by atoms with E-state index in [2.05, 4.69) is 19.1 Å². The van der Waals surface area contributed by atoms with Crippen LogP contribution in [0.4, 0.5) is 0 Å². The van der Waals surface area contributed by atoms with Crippen LogP contribution in [-0.2, 0) is 11.3 Å². The molecule has 0 bridgehead atoms. The van der Waals surface area contributed by atoms with Crippen molar-refractivity contribution in [2.45, 2.75) is 57.1 Å². The summed E-state index contributed by atoms with van der Waals surface area (Å²) in [6.45, 7) is 5.04. The largest absolute Gasteiger partial charge is 0.388 e. The lowest BCUT2D eigenvalue weighted by Crippen LogP contribution is -2.49. The van der Waals surface area contributed by atoms with Crippen LogP contribution in [0.3, 0.4) is 0 Å². The number of nitrogens with zero attached hydrogens (tertiary/aromatic N) is 3. The summed E-state index contributed by atoms with van der Waals surface area (Å²) in [7, 11) is 0. The van der Waals surface area contributed by atoms with Crippen LogP contribution in [0.15, 0.2) is 72.9 Å². The standard InChI is InChI=1S/C31H37N3O3/c1-24(25-10-4-2-5-11-25)22-28(35)32-20-15-31(37,16-21-32)23-34-19-14-27(26-12-6-3-7-13-26)29(34)30(36)33-17-8-9-18-33/h2-7,10-14,19,24,37H,8-9,15-18,20-23H2,1H3. The first-order chi connectivity index (χ1) is 17.9. The maximum Gasteiger partial charge on any atom is 0.271 e. The third kappa shape index (κ3) is 5.64. The molecule has 37 heavy (non-hydrogen) atoms. The number of hydrogen-bond donors (Lipinski definition) is 1. The van der Waals surface area contributed by atoms with Crippen LogP contribution in [0.1, 0.15) is 61.0 Å². The Balaban J connectivity index is 1.28. The van der Waals surface area contributed by atoms with E-state index in [0.717, 1.165) is 37.1 Å². The molecular formula is C31H37N3O3. The molecule has 3 heterocycles. The number of rotatable bonds is 7. The zero-order valence-corrected chi connectivity index (χ0v) is 21.7. The van der Waals surface area contributed by atoms with E-state index in [1.54, 1.807) is 0 Å². The number of amides is 2. The van der Waals surface area contributed by atoms with E-state index in [0.29, 0.717) is 44.6 Å². The second-order valence-electron chi connectivity index (χ2n) is 10.7. The van der Waals surface area contributed by atoms with Crippen LogP contribution in [0.5, 0.6) is 0 Å². The summed E-state index contributed by atoms with van der Waals surface area (Å²) in [4.78, 5) is 30.4. The second-order valence-corrected chi connectivity index (χ2v) is 10.7. The lowest BCUT2D eigenvalue weighted by atomic mass is 9.90. The molecule has 2 fully saturated rings. The third-order valence-corrected chi connectivity index (χ3v) is 8.01. The number of piperidine rings is 1. The lowest BCUT2D eigenvalue weighted by Gasteiger charge is -2.39. The predicted octanol–water partition coefficient (Wildman–Crippen LogP) is 4.94. The minimum Gasteiger partial charge on any atom is -0.388 e. The van der Waals surface area contributed by atoms with Crippen LogP contribution in [0, 0.1) is 0 Å². The fraction of sp³-hybridized carbons (Fsp3) is 0.419. The fourth-order valence-electron chi connectivity index (χ4n) is 5.70. The van der Waals surface area contributed by atoms with Crippen molar-refractivity contribution < 1.29 is 14.7 Å². The number of aliphatic hydroxyl groups is 1. The van der Waals surface area contributed by atoms with Crippen LogP contribution in [-0.4, -0.2) is 63.1 Å². The average Bonchev–Trinajstić information content (AvgIpc) is 3.60. The minimum absolute atomic E-state index is 0.0347. The quantitative estimate of drug-likeness (QED) is 0.501. The van der Waals surface area contributed by atoms with E-state index < -0.39 is 5.60 Å². The van der Waals surface area contributed by atoms with Gasteiger partial charge < -0.3 is 19.5 Å². The van der Waals surface area contributed by atoms with Gasteiger partial charge in [-0.1, -0.05) is 67.6 Å². The molecule has 1 atom stereocenters. The molecule has 2 aliphatic heterocycles. The molecule has 1 aromatic heterocycles. The van der Waals surface area contributed by atoms with Gasteiger partial charge in [-0.25, -0.2) is 0 Å². The molecule has 2 amide bonds. The highest BCUT2D eigenvalue weighted by atomic mass is 16.3. The normalized spacial score (nSPS) is 18.1. The summed E-state index contributed by atoms with van der Waals surface area (Å²) in [6, 6.07) is 22.1. The maximum atomic E-state index is 13.6. The lowest BCUT2D eigenvalue weighted by molar-refractivity contribution is -0.136. The van der Waals surface area contributed by atoms with Crippen LogP contribution in [0.2, 0.25) is 0 Å². The summed E-state index contributed by atoms with van der Waals surface area (Å²) >= 11 is 0. The molecule has 0 radical (unpaired) electrons. The highest BCUT2D eigenvalue weighted by molar-refractivity contribution is 5.99. The van der Waals surface area contributed by atoms with Gasteiger partial charge in [0.05, 0.1) is 12.1 Å². The molecule has 3 aromatic rings. The van der Waals surface area contributed by atoms with Crippen molar-refractivity contribution in [2.24, 2.45) is 0 Å². The molecule has 0 saturated carbocycles. The van der Waals surface area contributed by atoms with Crippen molar-refractivity contribution in [1.82, 2.24) is 14.4 Å². The van der Waals surface area contributed by atoms with Gasteiger partial charge in [-0.05, 0) is 48.8 Å². The van der Waals surface area contributed by atoms with E-state index in [1.165, 1.54) is 5.56 Å². The van der Waals surface area contributed by atoms with E-state index in [1.807, 2.05) is 75.2 Å². The van der Waals surface area contributed by atoms with Crippen LogP contribution in [0.25, 0.3) is 11.1 Å². The number of aromatic nitrogens is 1. The second kappa shape index (κ2) is 10.9.